The number of anilines is 1. The van der Waals surface area contributed by atoms with Crippen molar-refractivity contribution in [3.05, 3.63) is 34.9 Å². The van der Waals surface area contributed by atoms with Gasteiger partial charge >= 0.3 is 0 Å². The second kappa shape index (κ2) is 9.38. The first kappa shape index (κ1) is 20.5. The molecule has 3 aromatic rings. The Labute approximate surface area is 184 Å². The maximum atomic E-state index is 5.50. The predicted molar refractivity (Wildman–Crippen MR) is 124 cm³/mol. The lowest BCUT2D eigenvalue weighted by molar-refractivity contribution is 0.154. The number of fused-ring (bicyclic) bond motifs is 1. The molecule has 0 saturated carbocycles. The fourth-order valence-electron chi connectivity index (χ4n) is 3.51. The van der Waals surface area contributed by atoms with E-state index in [1.807, 2.05) is 18.3 Å². The maximum absolute atomic E-state index is 5.50. The number of halogens is 1. The number of thiophene rings is 1. The number of rotatable bonds is 7. The fourth-order valence-corrected chi connectivity index (χ4v) is 5.20. The summed E-state index contributed by atoms with van der Waals surface area (Å²) in [6.07, 6.45) is 2.91. The summed E-state index contributed by atoms with van der Waals surface area (Å²) in [4.78, 5) is 15.2. The van der Waals surface area contributed by atoms with Crippen LogP contribution in [0, 0.1) is 0 Å². The highest BCUT2D eigenvalue weighted by molar-refractivity contribution is 9.10. The number of ether oxygens (including phenoxy) is 1. The Balaban J connectivity index is 1.41. The van der Waals surface area contributed by atoms with Crippen LogP contribution in [-0.4, -0.2) is 73.2 Å². The van der Waals surface area contributed by atoms with Crippen molar-refractivity contribution in [3.63, 3.8) is 0 Å². The van der Waals surface area contributed by atoms with Crippen LogP contribution < -0.4 is 10.1 Å². The molecular weight excluding hydrogens is 450 g/mol. The maximum Gasteiger partial charge on any atom is 0.223 e. The highest BCUT2D eigenvalue weighted by Gasteiger charge is 2.15. The van der Waals surface area contributed by atoms with E-state index < -0.39 is 0 Å². The summed E-state index contributed by atoms with van der Waals surface area (Å²) in [6.45, 7) is 6.61. The quantitative estimate of drug-likeness (QED) is 0.517. The zero-order valence-corrected chi connectivity index (χ0v) is 19.2. The molecular formula is C21H26BrN5OS. The molecule has 2 aromatic heterocycles. The van der Waals surface area contributed by atoms with E-state index in [2.05, 4.69) is 55.2 Å². The average Bonchev–Trinajstić information content (AvgIpc) is 3.17. The van der Waals surface area contributed by atoms with E-state index in [9.17, 15) is 0 Å². The summed E-state index contributed by atoms with van der Waals surface area (Å²) >= 11 is 5.30. The molecule has 1 aliphatic rings. The first-order valence-electron chi connectivity index (χ1n) is 9.88. The molecule has 0 bridgehead atoms. The number of nitrogens with one attached hydrogen (secondary N) is 1. The highest BCUT2D eigenvalue weighted by atomic mass is 79.9. The van der Waals surface area contributed by atoms with Crippen molar-refractivity contribution in [2.75, 3.05) is 58.7 Å². The fraction of sp³-hybridized carbons (Fsp3) is 0.429. The normalized spacial score (nSPS) is 15.7. The molecule has 4 rings (SSSR count). The van der Waals surface area contributed by atoms with Gasteiger partial charge in [-0.25, -0.2) is 9.97 Å². The van der Waals surface area contributed by atoms with Gasteiger partial charge in [0.05, 0.1) is 21.2 Å². The summed E-state index contributed by atoms with van der Waals surface area (Å²) in [5, 5.41) is 4.55. The Morgan fingerprint density at radius 2 is 2.07 bits per heavy atom. The molecule has 0 aliphatic carbocycles. The molecule has 1 saturated heterocycles. The summed E-state index contributed by atoms with van der Waals surface area (Å²) in [5.41, 5.74) is 0.907. The molecule has 6 nitrogen and oxygen atoms in total. The molecule has 1 N–H and O–H groups in total. The first-order chi connectivity index (χ1) is 14.1. The minimum Gasteiger partial charge on any atom is -0.495 e. The van der Waals surface area contributed by atoms with Gasteiger partial charge in [-0.3, -0.25) is 0 Å². The van der Waals surface area contributed by atoms with Gasteiger partial charge in [0.25, 0.3) is 0 Å². The molecule has 0 amide bonds. The van der Waals surface area contributed by atoms with Gasteiger partial charge in [-0.05, 0) is 53.5 Å². The van der Waals surface area contributed by atoms with Crippen molar-refractivity contribution < 1.29 is 4.74 Å². The van der Waals surface area contributed by atoms with Gasteiger partial charge in [0.2, 0.25) is 5.95 Å². The molecule has 8 heteroatoms. The number of aromatic nitrogens is 2. The van der Waals surface area contributed by atoms with E-state index in [0.29, 0.717) is 5.95 Å². The van der Waals surface area contributed by atoms with Gasteiger partial charge in [0, 0.05) is 38.9 Å². The lowest BCUT2D eigenvalue weighted by Gasteiger charge is -2.32. The van der Waals surface area contributed by atoms with Gasteiger partial charge in [-0.1, -0.05) is 12.1 Å². The summed E-state index contributed by atoms with van der Waals surface area (Å²) < 4.78 is 7.53. The van der Waals surface area contributed by atoms with Crippen molar-refractivity contribution in [2.24, 2.45) is 0 Å². The lowest BCUT2D eigenvalue weighted by Crippen LogP contribution is -2.44. The van der Waals surface area contributed by atoms with E-state index in [1.165, 1.54) is 0 Å². The van der Waals surface area contributed by atoms with Crippen LogP contribution in [0.3, 0.4) is 0 Å². The number of hydrogen-bond acceptors (Lipinski definition) is 7. The number of nitrogens with zero attached hydrogens (tertiary/aromatic N) is 4. The molecule has 154 valence electrons. The van der Waals surface area contributed by atoms with Crippen molar-refractivity contribution >= 4 is 43.3 Å². The van der Waals surface area contributed by atoms with Crippen molar-refractivity contribution in [1.29, 1.82) is 0 Å². The number of likely N-dealkylation sites (N-methyl/N-ethyl adjacent to an activating group) is 1. The molecule has 1 aliphatic heterocycles. The Morgan fingerprint density at radius 3 is 2.86 bits per heavy atom. The average molecular weight is 476 g/mol. The Hall–Kier alpha value is -1.74. The van der Waals surface area contributed by atoms with Crippen molar-refractivity contribution in [2.45, 2.75) is 6.42 Å². The van der Waals surface area contributed by atoms with Gasteiger partial charge in [-0.15, -0.1) is 11.3 Å². The van der Waals surface area contributed by atoms with Crippen molar-refractivity contribution in [1.82, 2.24) is 19.8 Å². The van der Waals surface area contributed by atoms with Gasteiger partial charge in [0.1, 0.15) is 11.4 Å². The number of methoxy groups -OCH3 is 1. The van der Waals surface area contributed by atoms with E-state index in [-0.39, 0.29) is 0 Å². The van der Waals surface area contributed by atoms with Crippen LogP contribution in [0.15, 0.2) is 34.9 Å². The molecule has 29 heavy (non-hydrogen) atoms. The Morgan fingerprint density at radius 1 is 1.24 bits per heavy atom. The molecule has 0 spiro atoms. The van der Waals surface area contributed by atoms with E-state index in [0.717, 1.165) is 76.6 Å². The second-order valence-electron chi connectivity index (χ2n) is 7.30. The Kier molecular flexibility index (Phi) is 6.64. The molecule has 0 atom stereocenters. The van der Waals surface area contributed by atoms with Crippen molar-refractivity contribution in [3.8, 4) is 16.3 Å². The van der Waals surface area contributed by atoms with Gasteiger partial charge in [-0.2, -0.15) is 0 Å². The predicted octanol–water partition coefficient (Wildman–Crippen LogP) is 4.18. The first-order valence-corrected chi connectivity index (χ1v) is 11.5. The van der Waals surface area contributed by atoms with Crippen LogP contribution in [-0.2, 0) is 0 Å². The SMILES string of the molecule is COc1cccc2cc(-c3nc(NCCCN4CCN(C)CC4)ncc3Br)sc12. The van der Waals surface area contributed by atoms with E-state index in [4.69, 9.17) is 9.72 Å². The summed E-state index contributed by atoms with van der Waals surface area (Å²) in [6, 6.07) is 8.27. The smallest absolute Gasteiger partial charge is 0.223 e. The monoisotopic (exact) mass is 475 g/mol. The second-order valence-corrected chi connectivity index (χ2v) is 9.21. The largest absolute Gasteiger partial charge is 0.495 e. The summed E-state index contributed by atoms with van der Waals surface area (Å²) in [7, 11) is 3.90. The molecule has 0 unspecified atom stereocenters. The van der Waals surface area contributed by atoms with Crippen LogP contribution in [0.1, 0.15) is 6.42 Å². The zero-order chi connectivity index (χ0) is 20.2. The van der Waals surface area contributed by atoms with Gasteiger partial charge < -0.3 is 19.9 Å². The standard InChI is InChI=1S/C21H26BrN5OS/c1-26-9-11-27(12-10-26)8-4-7-23-21-24-14-16(22)19(25-21)18-13-15-5-3-6-17(28-2)20(15)29-18/h3,5-6,13-14H,4,7-12H2,1-2H3,(H,23,24,25). The Bertz CT molecular complexity index is 971. The van der Waals surface area contributed by atoms with Gasteiger partial charge in [0.15, 0.2) is 0 Å². The third kappa shape index (κ3) is 4.88. The number of benzene rings is 1. The topological polar surface area (TPSA) is 53.5 Å². The van der Waals surface area contributed by atoms with E-state index in [1.54, 1.807) is 18.4 Å². The van der Waals surface area contributed by atoms with Crippen LogP contribution in [0.2, 0.25) is 0 Å². The van der Waals surface area contributed by atoms with E-state index >= 15 is 0 Å². The van der Waals surface area contributed by atoms with Crippen LogP contribution in [0.4, 0.5) is 5.95 Å². The molecule has 3 heterocycles. The minimum atomic E-state index is 0.672. The number of hydrogen-bond donors (Lipinski definition) is 1. The molecule has 1 aromatic carbocycles. The molecule has 1 fully saturated rings. The minimum absolute atomic E-state index is 0.672. The third-order valence-electron chi connectivity index (χ3n) is 5.24. The van der Waals surface area contributed by atoms with Crippen LogP contribution in [0.25, 0.3) is 20.7 Å². The van der Waals surface area contributed by atoms with Crippen LogP contribution in [0.5, 0.6) is 5.75 Å². The van der Waals surface area contributed by atoms with Crippen LogP contribution >= 0.6 is 27.3 Å². The molecule has 0 radical (unpaired) electrons. The number of piperazine rings is 1. The highest BCUT2D eigenvalue weighted by Crippen LogP contribution is 2.40. The summed E-state index contributed by atoms with van der Waals surface area (Å²) in [5.74, 6) is 1.57. The zero-order valence-electron chi connectivity index (χ0n) is 16.8. The lowest BCUT2D eigenvalue weighted by atomic mass is 10.2. The third-order valence-corrected chi connectivity index (χ3v) is 6.99.